The molecular formula is C14H27NO4. The molecular weight excluding hydrogens is 246 g/mol. The summed E-state index contributed by atoms with van der Waals surface area (Å²) in [5.41, 5.74) is -0.555. The average molecular weight is 273 g/mol. The first-order valence-electron chi connectivity index (χ1n) is 6.77. The summed E-state index contributed by atoms with van der Waals surface area (Å²) in [6.07, 6.45) is 0.250. The Morgan fingerprint density at radius 2 is 1.79 bits per heavy atom. The first-order chi connectivity index (χ1) is 8.67. The first-order valence-corrected chi connectivity index (χ1v) is 6.77. The van der Waals surface area contributed by atoms with Crippen LogP contribution < -0.4 is 5.32 Å². The second-order valence-electron chi connectivity index (χ2n) is 5.77. The Balaban J connectivity index is 4.41. The fourth-order valence-corrected chi connectivity index (χ4v) is 1.42. The molecule has 5 heteroatoms. The zero-order chi connectivity index (χ0) is 15.1. The van der Waals surface area contributed by atoms with Crippen molar-refractivity contribution in [1.82, 2.24) is 5.32 Å². The van der Waals surface area contributed by atoms with Crippen LogP contribution in [0.3, 0.4) is 0 Å². The lowest BCUT2D eigenvalue weighted by molar-refractivity contribution is -0.160. The average Bonchev–Trinajstić information content (AvgIpc) is 2.23. The van der Waals surface area contributed by atoms with E-state index in [4.69, 9.17) is 9.47 Å². The van der Waals surface area contributed by atoms with Gasteiger partial charge >= 0.3 is 5.97 Å². The highest BCUT2D eigenvalue weighted by Crippen LogP contribution is 2.12. The molecule has 0 aromatic heterocycles. The highest BCUT2D eigenvalue weighted by Gasteiger charge is 2.28. The molecule has 0 rings (SSSR count). The molecule has 5 nitrogen and oxygen atoms in total. The molecule has 0 bridgehead atoms. The molecule has 0 saturated carbocycles. The van der Waals surface area contributed by atoms with E-state index in [2.05, 4.69) is 5.32 Å². The number of hydrogen-bond donors (Lipinski definition) is 1. The second-order valence-corrected chi connectivity index (χ2v) is 5.77. The van der Waals surface area contributed by atoms with Crippen molar-refractivity contribution in [2.75, 3.05) is 13.2 Å². The molecule has 0 saturated heterocycles. The van der Waals surface area contributed by atoms with Gasteiger partial charge in [0, 0.05) is 13.0 Å². The van der Waals surface area contributed by atoms with Crippen molar-refractivity contribution in [2.45, 2.75) is 59.6 Å². The van der Waals surface area contributed by atoms with Gasteiger partial charge in [0.25, 0.3) is 0 Å². The molecule has 19 heavy (non-hydrogen) atoms. The molecule has 0 unspecified atom stereocenters. The van der Waals surface area contributed by atoms with E-state index < -0.39 is 17.6 Å². The number of ether oxygens (including phenoxy) is 2. The summed E-state index contributed by atoms with van der Waals surface area (Å²) in [7, 11) is 0. The van der Waals surface area contributed by atoms with E-state index in [1.54, 1.807) is 20.8 Å². The number of esters is 1. The molecule has 1 atom stereocenters. The molecule has 0 radical (unpaired) electrons. The van der Waals surface area contributed by atoms with Crippen molar-refractivity contribution in [3.05, 3.63) is 0 Å². The first kappa shape index (κ1) is 17.9. The third kappa shape index (κ3) is 8.59. The summed E-state index contributed by atoms with van der Waals surface area (Å²) in [6, 6.07) is -0.617. The van der Waals surface area contributed by atoms with E-state index in [1.807, 2.05) is 20.8 Å². The molecule has 0 fully saturated rings. The Kier molecular flexibility index (Phi) is 7.68. The Hall–Kier alpha value is -1.10. The minimum Gasteiger partial charge on any atom is -0.458 e. The highest BCUT2D eigenvalue weighted by atomic mass is 16.6. The zero-order valence-electron chi connectivity index (χ0n) is 12.9. The van der Waals surface area contributed by atoms with Gasteiger partial charge in [-0.05, 0) is 33.6 Å². The van der Waals surface area contributed by atoms with E-state index in [0.29, 0.717) is 13.2 Å². The predicted octanol–water partition coefficient (Wildman–Crippen LogP) is 1.90. The van der Waals surface area contributed by atoms with E-state index in [0.717, 1.165) is 0 Å². The second kappa shape index (κ2) is 8.15. The summed E-state index contributed by atoms with van der Waals surface area (Å²) in [4.78, 5) is 23.7. The van der Waals surface area contributed by atoms with E-state index in [1.165, 1.54) is 0 Å². The van der Waals surface area contributed by atoms with Crippen LogP contribution in [0.1, 0.15) is 48.0 Å². The molecule has 0 heterocycles. The van der Waals surface area contributed by atoms with Crippen molar-refractivity contribution in [3.8, 4) is 0 Å². The summed E-state index contributed by atoms with van der Waals surface area (Å²) in [6.45, 7) is 12.0. The minimum atomic E-state index is -0.617. The molecule has 0 aliphatic heterocycles. The summed E-state index contributed by atoms with van der Waals surface area (Å²) in [5.74, 6) is -0.615. The number of hydrogen-bond acceptors (Lipinski definition) is 4. The fraction of sp³-hybridized carbons (Fsp3) is 0.857. The van der Waals surface area contributed by atoms with Crippen LogP contribution in [0.2, 0.25) is 0 Å². The lowest BCUT2D eigenvalue weighted by Crippen LogP contribution is -2.47. The Morgan fingerprint density at radius 3 is 2.21 bits per heavy atom. The number of rotatable bonds is 7. The maximum atomic E-state index is 12.0. The topological polar surface area (TPSA) is 64.6 Å². The summed E-state index contributed by atoms with van der Waals surface area (Å²) in [5, 5.41) is 2.70. The van der Waals surface area contributed by atoms with Crippen LogP contribution in [0.25, 0.3) is 0 Å². The zero-order valence-corrected chi connectivity index (χ0v) is 12.9. The monoisotopic (exact) mass is 273 g/mol. The highest BCUT2D eigenvalue weighted by molar-refractivity contribution is 5.84. The van der Waals surface area contributed by atoms with Crippen LogP contribution in [-0.4, -0.2) is 36.7 Å². The van der Waals surface area contributed by atoms with Crippen LogP contribution in [0.5, 0.6) is 0 Å². The molecule has 0 aliphatic rings. The summed E-state index contributed by atoms with van der Waals surface area (Å²) >= 11 is 0. The van der Waals surface area contributed by atoms with Gasteiger partial charge in [-0.15, -0.1) is 0 Å². The number of amides is 1. The SMILES string of the molecule is CCOCCC(=O)N[C@H](C(=O)OC(C)(C)C)C(C)C. The quantitative estimate of drug-likeness (QED) is 0.568. The summed E-state index contributed by atoms with van der Waals surface area (Å²) < 4.78 is 10.4. The van der Waals surface area contributed by atoms with Gasteiger partial charge in [0.1, 0.15) is 11.6 Å². The van der Waals surface area contributed by atoms with Crippen molar-refractivity contribution in [3.63, 3.8) is 0 Å². The third-order valence-electron chi connectivity index (χ3n) is 2.32. The van der Waals surface area contributed by atoms with Crippen LogP contribution >= 0.6 is 0 Å². The molecule has 0 aromatic rings. The number of carbonyl (C=O) groups is 2. The van der Waals surface area contributed by atoms with Gasteiger partial charge in [0.2, 0.25) is 5.91 Å². The van der Waals surface area contributed by atoms with E-state index in [-0.39, 0.29) is 18.2 Å². The lowest BCUT2D eigenvalue weighted by atomic mass is 10.0. The van der Waals surface area contributed by atoms with Crippen molar-refractivity contribution >= 4 is 11.9 Å². The molecule has 1 N–H and O–H groups in total. The van der Waals surface area contributed by atoms with E-state index in [9.17, 15) is 9.59 Å². The van der Waals surface area contributed by atoms with Gasteiger partial charge in [-0.2, -0.15) is 0 Å². The van der Waals surface area contributed by atoms with Gasteiger partial charge in [0.05, 0.1) is 6.61 Å². The molecule has 0 aliphatic carbocycles. The third-order valence-corrected chi connectivity index (χ3v) is 2.32. The molecule has 112 valence electrons. The molecule has 0 aromatic carbocycles. The fourth-order valence-electron chi connectivity index (χ4n) is 1.42. The molecule has 0 spiro atoms. The van der Waals surface area contributed by atoms with Gasteiger partial charge in [-0.1, -0.05) is 13.8 Å². The van der Waals surface area contributed by atoms with Crippen LogP contribution in [0, 0.1) is 5.92 Å². The Bertz CT molecular complexity index is 294. The van der Waals surface area contributed by atoms with Crippen LogP contribution in [-0.2, 0) is 19.1 Å². The van der Waals surface area contributed by atoms with Crippen molar-refractivity contribution < 1.29 is 19.1 Å². The maximum Gasteiger partial charge on any atom is 0.329 e. The Morgan fingerprint density at radius 1 is 1.21 bits per heavy atom. The van der Waals surface area contributed by atoms with Crippen LogP contribution in [0.15, 0.2) is 0 Å². The maximum absolute atomic E-state index is 12.0. The van der Waals surface area contributed by atoms with Crippen LogP contribution in [0.4, 0.5) is 0 Å². The lowest BCUT2D eigenvalue weighted by Gasteiger charge is -2.26. The van der Waals surface area contributed by atoms with Crippen molar-refractivity contribution in [1.29, 1.82) is 0 Å². The van der Waals surface area contributed by atoms with Gasteiger partial charge in [0.15, 0.2) is 0 Å². The number of carbonyl (C=O) groups excluding carboxylic acids is 2. The number of nitrogens with one attached hydrogen (secondary N) is 1. The largest absolute Gasteiger partial charge is 0.458 e. The Labute approximate surface area is 116 Å². The van der Waals surface area contributed by atoms with E-state index >= 15 is 0 Å². The van der Waals surface area contributed by atoms with Crippen molar-refractivity contribution in [2.24, 2.45) is 5.92 Å². The normalized spacial score (nSPS) is 13.2. The van der Waals surface area contributed by atoms with Gasteiger partial charge in [-0.3, -0.25) is 4.79 Å². The smallest absolute Gasteiger partial charge is 0.329 e. The molecule has 1 amide bonds. The predicted molar refractivity (Wildman–Crippen MR) is 73.7 cm³/mol. The standard InChI is InChI=1S/C14H27NO4/c1-7-18-9-8-11(16)15-12(10(2)3)13(17)19-14(4,5)6/h10,12H,7-9H2,1-6H3,(H,15,16)/t12-/m0/s1. The van der Waals surface area contributed by atoms with Gasteiger partial charge in [-0.25, -0.2) is 4.79 Å². The van der Waals surface area contributed by atoms with Gasteiger partial charge < -0.3 is 14.8 Å². The minimum absolute atomic E-state index is 0.0223.